The van der Waals surface area contributed by atoms with E-state index in [0.717, 1.165) is 23.1 Å². The Morgan fingerprint density at radius 3 is 2.42 bits per heavy atom. The number of hydrogen-bond donors (Lipinski definition) is 1. The summed E-state index contributed by atoms with van der Waals surface area (Å²) < 4.78 is 39.8. The molecule has 0 spiro atoms. The molecule has 8 heteroatoms. The molecule has 0 radical (unpaired) electrons. The molecule has 31 heavy (non-hydrogen) atoms. The third-order valence-electron chi connectivity index (χ3n) is 4.98. The van der Waals surface area contributed by atoms with Gasteiger partial charge in [-0.05, 0) is 68.1 Å². The van der Waals surface area contributed by atoms with Crippen LogP contribution in [-0.4, -0.2) is 32.3 Å². The van der Waals surface area contributed by atoms with Gasteiger partial charge in [0.15, 0.2) is 0 Å². The number of benzene rings is 2. The van der Waals surface area contributed by atoms with Crippen LogP contribution < -0.4 is 14.2 Å². The normalized spacial score (nSPS) is 11.3. The lowest BCUT2D eigenvalue weighted by atomic mass is 10.1. The first-order valence-corrected chi connectivity index (χ1v) is 11.5. The Morgan fingerprint density at radius 1 is 1.00 bits per heavy atom. The van der Waals surface area contributed by atoms with Gasteiger partial charge in [-0.2, -0.15) is 0 Å². The average molecular weight is 442 g/mol. The van der Waals surface area contributed by atoms with Crippen molar-refractivity contribution < 1.29 is 17.9 Å². The van der Waals surface area contributed by atoms with Crippen LogP contribution >= 0.6 is 0 Å². The SMILES string of the molecule is CCCOc1ccc(-c2cccc(NS(=O)(=O)c3cc(C)c(OC)c(C)c3C)c2)nn1. The molecule has 0 saturated heterocycles. The first-order valence-electron chi connectivity index (χ1n) is 10.0. The summed E-state index contributed by atoms with van der Waals surface area (Å²) in [4.78, 5) is 0.228. The van der Waals surface area contributed by atoms with E-state index in [-0.39, 0.29) is 4.90 Å². The van der Waals surface area contributed by atoms with Crippen molar-refractivity contribution in [2.24, 2.45) is 0 Å². The predicted octanol–water partition coefficient (Wildman–Crippen LogP) is 4.67. The summed E-state index contributed by atoms with van der Waals surface area (Å²) in [5.74, 6) is 1.16. The molecule has 0 atom stereocenters. The minimum Gasteiger partial charge on any atom is -0.496 e. The summed E-state index contributed by atoms with van der Waals surface area (Å²) in [6, 6.07) is 12.2. The van der Waals surface area contributed by atoms with Gasteiger partial charge >= 0.3 is 0 Å². The first-order chi connectivity index (χ1) is 14.8. The van der Waals surface area contributed by atoms with Crippen molar-refractivity contribution in [2.45, 2.75) is 39.0 Å². The van der Waals surface area contributed by atoms with Gasteiger partial charge in [0, 0.05) is 17.3 Å². The Kier molecular flexibility index (Phi) is 6.80. The molecule has 1 heterocycles. The molecular formula is C23H27N3O4S. The second-order valence-electron chi connectivity index (χ2n) is 7.27. The number of aryl methyl sites for hydroxylation is 1. The highest BCUT2D eigenvalue weighted by molar-refractivity contribution is 7.92. The molecule has 1 N–H and O–H groups in total. The number of rotatable bonds is 8. The molecule has 0 unspecified atom stereocenters. The molecule has 0 aliphatic rings. The fourth-order valence-electron chi connectivity index (χ4n) is 3.32. The standard InChI is InChI=1S/C23H27N3O4S/c1-6-12-30-22-11-10-20(24-25-22)18-8-7-9-19(14-18)26-31(27,28)21-13-15(2)23(29-5)17(4)16(21)3/h7-11,13-14,26H,6,12H2,1-5H3. The van der Waals surface area contributed by atoms with Crippen LogP contribution in [0.5, 0.6) is 11.6 Å². The van der Waals surface area contributed by atoms with Crippen molar-refractivity contribution in [3.8, 4) is 22.9 Å². The zero-order valence-electron chi connectivity index (χ0n) is 18.4. The van der Waals surface area contributed by atoms with E-state index >= 15 is 0 Å². The maximum atomic E-state index is 13.1. The van der Waals surface area contributed by atoms with Crippen molar-refractivity contribution in [3.05, 3.63) is 59.2 Å². The molecular weight excluding hydrogens is 414 g/mol. The molecule has 0 aliphatic heterocycles. The van der Waals surface area contributed by atoms with Gasteiger partial charge in [-0.3, -0.25) is 4.72 Å². The van der Waals surface area contributed by atoms with Crippen molar-refractivity contribution in [3.63, 3.8) is 0 Å². The topological polar surface area (TPSA) is 90.4 Å². The second-order valence-corrected chi connectivity index (χ2v) is 8.92. The number of nitrogens with zero attached hydrogens (tertiary/aromatic N) is 2. The van der Waals surface area contributed by atoms with E-state index in [1.165, 1.54) is 0 Å². The highest BCUT2D eigenvalue weighted by Gasteiger charge is 2.21. The lowest BCUT2D eigenvalue weighted by molar-refractivity contribution is 0.302. The summed E-state index contributed by atoms with van der Waals surface area (Å²) in [6.45, 7) is 8.06. The third-order valence-corrected chi connectivity index (χ3v) is 6.48. The van der Waals surface area contributed by atoms with Gasteiger partial charge in [-0.15, -0.1) is 10.2 Å². The van der Waals surface area contributed by atoms with Crippen molar-refractivity contribution >= 4 is 15.7 Å². The Bertz CT molecular complexity index is 1180. The van der Waals surface area contributed by atoms with Crippen LogP contribution in [0, 0.1) is 20.8 Å². The minimum atomic E-state index is -3.79. The number of aromatic nitrogens is 2. The summed E-state index contributed by atoms with van der Waals surface area (Å²) in [7, 11) is -2.21. The average Bonchev–Trinajstić information content (AvgIpc) is 2.75. The molecule has 164 valence electrons. The highest BCUT2D eigenvalue weighted by Crippen LogP contribution is 2.32. The van der Waals surface area contributed by atoms with E-state index in [0.29, 0.717) is 35.2 Å². The number of ether oxygens (including phenoxy) is 2. The van der Waals surface area contributed by atoms with Crippen molar-refractivity contribution in [1.82, 2.24) is 10.2 Å². The lowest BCUT2D eigenvalue weighted by Gasteiger charge is -2.17. The second kappa shape index (κ2) is 9.34. The molecule has 3 rings (SSSR count). The van der Waals surface area contributed by atoms with Crippen molar-refractivity contribution in [1.29, 1.82) is 0 Å². The number of sulfonamides is 1. The lowest BCUT2D eigenvalue weighted by Crippen LogP contribution is -2.15. The largest absolute Gasteiger partial charge is 0.496 e. The van der Waals surface area contributed by atoms with Crippen LogP contribution in [0.25, 0.3) is 11.3 Å². The van der Waals surface area contributed by atoms with E-state index in [2.05, 4.69) is 14.9 Å². The number of nitrogens with one attached hydrogen (secondary N) is 1. The Labute approximate surface area is 183 Å². The summed E-state index contributed by atoms with van der Waals surface area (Å²) in [5, 5.41) is 8.26. The van der Waals surface area contributed by atoms with Crippen LogP contribution in [0.15, 0.2) is 47.4 Å². The summed E-state index contributed by atoms with van der Waals surface area (Å²) in [6.07, 6.45) is 0.887. The van der Waals surface area contributed by atoms with E-state index in [4.69, 9.17) is 9.47 Å². The number of anilines is 1. The maximum absolute atomic E-state index is 13.1. The first kappa shape index (κ1) is 22.6. The Hall–Kier alpha value is -3.13. The van der Waals surface area contributed by atoms with E-state index < -0.39 is 10.0 Å². The van der Waals surface area contributed by atoms with Gasteiger partial charge in [0.1, 0.15) is 5.75 Å². The molecule has 7 nitrogen and oxygen atoms in total. The summed E-state index contributed by atoms with van der Waals surface area (Å²) >= 11 is 0. The van der Waals surface area contributed by atoms with Crippen LogP contribution in [-0.2, 0) is 10.0 Å². The molecule has 0 amide bonds. The van der Waals surface area contributed by atoms with Crippen molar-refractivity contribution in [2.75, 3.05) is 18.4 Å². The Morgan fingerprint density at radius 2 is 1.77 bits per heavy atom. The molecule has 0 bridgehead atoms. The van der Waals surface area contributed by atoms with Gasteiger partial charge in [0.05, 0.1) is 24.3 Å². The van der Waals surface area contributed by atoms with Crippen LogP contribution in [0.1, 0.15) is 30.0 Å². The maximum Gasteiger partial charge on any atom is 0.262 e. The van der Waals surface area contributed by atoms with Crippen LogP contribution in [0.2, 0.25) is 0 Å². The fraction of sp³-hybridized carbons (Fsp3) is 0.304. The molecule has 0 saturated carbocycles. The highest BCUT2D eigenvalue weighted by atomic mass is 32.2. The zero-order chi connectivity index (χ0) is 22.6. The third kappa shape index (κ3) is 4.96. The molecule has 0 aliphatic carbocycles. The van der Waals surface area contributed by atoms with E-state index in [1.807, 2.05) is 26.8 Å². The quantitative estimate of drug-likeness (QED) is 0.546. The molecule has 1 aromatic heterocycles. The fourth-order valence-corrected chi connectivity index (χ4v) is 4.76. The zero-order valence-corrected chi connectivity index (χ0v) is 19.2. The van der Waals surface area contributed by atoms with Gasteiger partial charge in [-0.25, -0.2) is 8.42 Å². The van der Waals surface area contributed by atoms with Crippen LogP contribution in [0.4, 0.5) is 5.69 Å². The van der Waals surface area contributed by atoms with E-state index in [9.17, 15) is 8.42 Å². The van der Waals surface area contributed by atoms with Gasteiger partial charge < -0.3 is 9.47 Å². The number of hydrogen-bond acceptors (Lipinski definition) is 6. The van der Waals surface area contributed by atoms with Crippen LogP contribution in [0.3, 0.4) is 0 Å². The van der Waals surface area contributed by atoms with Gasteiger partial charge in [0.25, 0.3) is 10.0 Å². The molecule has 2 aromatic carbocycles. The minimum absolute atomic E-state index is 0.228. The smallest absolute Gasteiger partial charge is 0.262 e. The number of methoxy groups -OCH3 is 1. The predicted molar refractivity (Wildman–Crippen MR) is 121 cm³/mol. The van der Waals surface area contributed by atoms with Gasteiger partial charge in [-0.1, -0.05) is 19.1 Å². The monoisotopic (exact) mass is 441 g/mol. The molecule has 3 aromatic rings. The van der Waals surface area contributed by atoms with E-state index in [1.54, 1.807) is 50.4 Å². The molecule has 0 fully saturated rings. The van der Waals surface area contributed by atoms with Gasteiger partial charge in [0.2, 0.25) is 5.88 Å². The summed E-state index contributed by atoms with van der Waals surface area (Å²) in [5.41, 5.74) is 4.03. The Balaban J connectivity index is 1.89.